The third-order valence-electron chi connectivity index (χ3n) is 3.59. The number of rotatable bonds is 5. The van der Waals surface area contributed by atoms with Gasteiger partial charge in [0.2, 0.25) is 0 Å². The van der Waals surface area contributed by atoms with Crippen LogP contribution in [0.15, 0.2) is 29.8 Å². The number of hydrogen-bond donors (Lipinski definition) is 1. The number of pyridine rings is 1. The fraction of sp³-hybridized carbons (Fsp3) is 0.400. The van der Waals surface area contributed by atoms with Crippen molar-refractivity contribution in [2.24, 2.45) is 5.73 Å². The minimum atomic E-state index is -0.484. The van der Waals surface area contributed by atoms with Gasteiger partial charge in [0.25, 0.3) is 5.91 Å². The molecule has 6 nitrogen and oxygen atoms in total. The number of nitrogens with zero attached hydrogens (tertiary/aromatic N) is 3. The van der Waals surface area contributed by atoms with Crippen LogP contribution < -0.4 is 10.6 Å². The molecule has 0 aromatic carbocycles. The van der Waals surface area contributed by atoms with Gasteiger partial charge in [0.1, 0.15) is 5.69 Å². The number of ether oxygens (including phenoxy) is 1. The van der Waals surface area contributed by atoms with E-state index in [-0.39, 0.29) is 6.10 Å². The van der Waals surface area contributed by atoms with Crippen LogP contribution in [0.4, 0.5) is 5.13 Å². The van der Waals surface area contributed by atoms with Crippen LogP contribution in [0.25, 0.3) is 0 Å². The monoisotopic (exact) mass is 318 g/mol. The summed E-state index contributed by atoms with van der Waals surface area (Å²) in [4.78, 5) is 21.8. The lowest BCUT2D eigenvalue weighted by Gasteiger charge is -2.32. The molecular formula is C15H18N4O2S. The van der Waals surface area contributed by atoms with Crippen molar-refractivity contribution in [2.45, 2.75) is 25.6 Å². The van der Waals surface area contributed by atoms with E-state index in [0.29, 0.717) is 12.3 Å². The first-order valence-electron chi connectivity index (χ1n) is 7.24. The summed E-state index contributed by atoms with van der Waals surface area (Å²) >= 11 is 1.45. The van der Waals surface area contributed by atoms with Crippen LogP contribution >= 0.6 is 11.3 Å². The van der Waals surface area contributed by atoms with Crippen LogP contribution in [-0.2, 0) is 11.3 Å². The quantitative estimate of drug-likeness (QED) is 0.909. The largest absolute Gasteiger partial charge is 0.370 e. The highest BCUT2D eigenvalue weighted by atomic mass is 32.1. The van der Waals surface area contributed by atoms with Gasteiger partial charge in [0.15, 0.2) is 5.13 Å². The minimum absolute atomic E-state index is 0.150. The average Bonchev–Trinajstić information content (AvgIpc) is 3.05. The topological polar surface area (TPSA) is 81.3 Å². The first kappa shape index (κ1) is 14.9. The first-order chi connectivity index (χ1) is 10.7. The third kappa shape index (κ3) is 3.61. The lowest BCUT2D eigenvalue weighted by atomic mass is 10.1. The normalized spacial score (nSPS) is 18.4. The number of aromatic nitrogens is 2. The molecule has 1 atom stereocenters. The Bertz CT molecular complexity index is 631. The molecule has 1 saturated heterocycles. The molecule has 22 heavy (non-hydrogen) atoms. The Morgan fingerprint density at radius 1 is 1.50 bits per heavy atom. The van der Waals surface area contributed by atoms with E-state index in [0.717, 1.165) is 36.8 Å². The highest BCUT2D eigenvalue weighted by Crippen LogP contribution is 2.25. The summed E-state index contributed by atoms with van der Waals surface area (Å²) in [7, 11) is 0. The summed E-state index contributed by atoms with van der Waals surface area (Å²) < 4.78 is 5.96. The third-order valence-corrected chi connectivity index (χ3v) is 4.49. The summed E-state index contributed by atoms with van der Waals surface area (Å²) in [6.45, 7) is 2.22. The van der Waals surface area contributed by atoms with E-state index < -0.39 is 5.91 Å². The number of carbonyl (C=O) groups excluding carboxylic acids is 1. The van der Waals surface area contributed by atoms with E-state index >= 15 is 0 Å². The standard InChI is InChI=1S/C15H18N4O2S/c16-14(20)13-10-22-15(18-13)19-7-3-5-12(8-19)21-9-11-4-1-2-6-17-11/h1-2,4,6,10,12H,3,5,7-9H2,(H2,16,20). The highest BCUT2D eigenvalue weighted by Gasteiger charge is 2.23. The Kier molecular flexibility index (Phi) is 4.65. The van der Waals surface area contributed by atoms with Gasteiger partial charge >= 0.3 is 0 Å². The molecule has 1 fully saturated rings. The van der Waals surface area contributed by atoms with Gasteiger partial charge in [-0.05, 0) is 25.0 Å². The molecule has 1 amide bonds. The van der Waals surface area contributed by atoms with E-state index in [1.54, 1.807) is 11.6 Å². The molecule has 2 aromatic heterocycles. The number of carbonyl (C=O) groups is 1. The van der Waals surface area contributed by atoms with Crippen molar-refractivity contribution in [3.8, 4) is 0 Å². The van der Waals surface area contributed by atoms with E-state index in [2.05, 4.69) is 14.9 Å². The van der Waals surface area contributed by atoms with E-state index in [4.69, 9.17) is 10.5 Å². The summed E-state index contributed by atoms with van der Waals surface area (Å²) in [6, 6.07) is 5.81. The molecule has 3 rings (SSSR count). The number of nitrogens with two attached hydrogens (primary N) is 1. The lowest BCUT2D eigenvalue weighted by Crippen LogP contribution is -2.39. The van der Waals surface area contributed by atoms with Crippen LogP contribution in [0.5, 0.6) is 0 Å². The zero-order chi connectivity index (χ0) is 15.4. The molecule has 2 aromatic rings. The van der Waals surface area contributed by atoms with Crippen LogP contribution in [0.2, 0.25) is 0 Å². The molecular weight excluding hydrogens is 300 g/mol. The molecule has 0 saturated carbocycles. The fourth-order valence-electron chi connectivity index (χ4n) is 2.46. The molecule has 116 valence electrons. The number of anilines is 1. The molecule has 3 heterocycles. The SMILES string of the molecule is NC(=O)c1csc(N2CCCC(OCc3ccccn3)C2)n1. The zero-order valence-corrected chi connectivity index (χ0v) is 13.0. The molecule has 0 bridgehead atoms. The second-order valence-corrected chi connectivity index (χ2v) is 6.06. The number of primary amides is 1. The van der Waals surface area contributed by atoms with Crippen LogP contribution in [0.1, 0.15) is 29.0 Å². The molecule has 0 aliphatic carbocycles. The molecule has 1 aliphatic rings. The Hall–Kier alpha value is -1.99. The maximum Gasteiger partial charge on any atom is 0.268 e. The van der Waals surface area contributed by atoms with Gasteiger partial charge in [-0.3, -0.25) is 9.78 Å². The van der Waals surface area contributed by atoms with Crippen molar-refractivity contribution in [1.82, 2.24) is 9.97 Å². The lowest BCUT2D eigenvalue weighted by molar-refractivity contribution is 0.0298. The maximum absolute atomic E-state index is 11.1. The Morgan fingerprint density at radius 2 is 2.41 bits per heavy atom. The van der Waals surface area contributed by atoms with Crippen molar-refractivity contribution in [3.63, 3.8) is 0 Å². The number of hydrogen-bond acceptors (Lipinski definition) is 6. The minimum Gasteiger partial charge on any atom is -0.370 e. The van der Waals surface area contributed by atoms with Gasteiger partial charge in [-0.2, -0.15) is 0 Å². The van der Waals surface area contributed by atoms with Crippen molar-refractivity contribution >= 4 is 22.4 Å². The first-order valence-corrected chi connectivity index (χ1v) is 8.12. The predicted molar refractivity (Wildman–Crippen MR) is 84.9 cm³/mol. The maximum atomic E-state index is 11.1. The fourth-order valence-corrected chi connectivity index (χ4v) is 3.31. The molecule has 0 spiro atoms. The van der Waals surface area contributed by atoms with Gasteiger partial charge in [-0.25, -0.2) is 4.98 Å². The zero-order valence-electron chi connectivity index (χ0n) is 12.1. The summed E-state index contributed by atoms with van der Waals surface area (Å²) in [6.07, 6.45) is 3.99. The Balaban J connectivity index is 1.58. The predicted octanol–water partition coefficient (Wildman–Crippen LogP) is 1.82. The van der Waals surface area contributed by atoms with E-state index in [1.807, 2.05) is 18.2 Å². The summed E-state index contributed by atoms with van der Waals surface area (Å²) in [5.74, 6) is -0.484. The molecule has 1 aliphatic heterocycles. The van der Waals surface area contributed by atoms with Crippen molar-refractivity contribution in [3.05, 3.63) is 41.2 Å². The molecule has 0 radical (unpaired) electrons. The van der Waals surface area contributed by atoms with Gasteiger partial charge < -0.3 is 15.4 Å². The Morgan fingerprint density at radius 3 is 3.14 bits per heavy atom. The summed E-state index contributed by atoms with van der Waals surface area (Å²) in [5, 5.41) is 2.54. The highest BCUT2D eigenvalue weighted by molar-refractivity contribution is 7.13. The molecule has 1 unspecified atom stereocenters. The van der Waals surface area contributed by atoms with Crippen LogP contribution in [0.3, 0.4) is 0 Å². The van der Waals surface area contributed by atoms with Crippen LogP contribution in [0, 0.1) is 0 Å². The van der Waals surface area contributed by atoms with Gasteiger partial charge in [0, 0.05) is 24.7 Å². The van der Waals surface area contributed by atoms with Gasteiger partial charge in [-0.15, -0.1) is 11.3 Å². The Labute approximate surface area is 132 Å². The number of thiazole rings is 1. The summed E-state index contributed by atoms with van der Waals surface area (Å²) in [5.41, 5.74) is 6.52. The van der Waals surface area contributed by atoms with Crippen molar-refractivity contribution in [2.75, 3.05) is 18.0 Å². The number of amides is 1. The van der Waals surface area contributed by atoms with Crippen molar-refractivity contribution in [1.29, 1.82) is 0 Å². The second-order valence-electron chi connectivity index (χ2n) is 5.22. The van der Waals surface area contributed by atoms with Gasteiger partial charge in [-0.1, -0.05) is 6.07 Å². The van der Waals surface area contributed by atoms with Crippen molar-refractivity contribution < 1.29 is 9.53 Å². The van der Waals surface area contributed by atoms with Crippen LogP contribution in [-0.4, -0.2) is 35.1 Å². The van der Waals surface area contributed by atoms with Gasteiger partial charge in [0.05, 0.1) is 18.4 Å². The smallest absolute Gasteiger partial charge is 0.268 e. The molecule has 7 heteroatoms. The molecule has 2 N–H and O–H groups in total. The van der Waals surface area contributed by atoms with E-state index in [1.165, 1.54) is 11.3 Å². The average molecular weight is 318 g/mol. The van der Waals surface area contributed by atoms with E-state index in [9.17, 15) is 4.79 Å². The number of piperidine rings is 1. The second kappa shape index (κ2) is 6.85.